The highest BCUT2D eigenvalue weighted by atomic mass is 16.4. The normalized spacial score (nSPS) is 11.4. The Bertz CT molecular complexity index is 477. The fourth-order valence-electron chi connectivity index (χ4n) is 1.41. The number of nitrogens with one attached hydrogen (secondary N) is 2. The maximum Gasteiger partial charge on any atom is 0.326 e. The van der Waals surface area contributed by atoms with Gasteiger partial charge in [-0.2, -0.15) is 0 Å². The molecular formula is C12H15N3O5. The van der Waals surface area contributed by atoms with Crippen LogP contribution in [0.15, 0.2) is 24.4 Å². The predicted octanol–water partition coefficient (Wildman–Crippen LogP) is 0.199. The van der Waals surface area contributed by atoms with Gasteiger partial charge in [0.15, 0.2) is 0 Å². The molecule has 1 aromatic rings. The van der Waals surface area contributed by atoms with Crippen molar-refractivity contribution in [3.63, 3.8) is 0 Å². The van der Waals surface area contributed by atoms with Gasteiger partial charge in [0.1, 0.15) is 6.04 Å². The number of nitrogens with zero attached hydrogens (tertiary/aromatic N) is 1. The Morgan fingerprint density at radius 3 is 2.55 bits per heavy atom. The van der Waals surface area contributed by atoms with Crippen LogP contribution in [0.5, 0.6) is 0 Å². The molecule has 0 aromatic carbocycles. The van der Waals surface area contributed by atoms with Crippen LogP contribution in [0, 0.1) is 0 Å². The first-order valence-corrected chi connectivity index (χ1v) is 5.88. The molecule has 0 fully saturated rings. The number of aliphatic carboxylic acids is 2. The molecular weight excluding hydrogens is 266 g/mol. The first-order valence-electron chi connectivity index (χ1n) is 5.88. The largest absolute Gasteiger partial charge is 0.481 e. The summed E-state index contributed by atoms with van der Waals surface area (Å²) in [4.78, 5) is 36.8. The number of rotatable bonds is 7. The third-order valence-electron chi connectivity index (χ3n) is 2.41. The molecule has 8 nitrogen and oxygen atoms in total. The van der Waals surface area contributed by atoms with Crippen molar-refractivity contribution in [2.45, 2.75) is 25.4 Å². The fourth-order valence-corrected chi connectivity index (χ4v) is 1.41. The van der Waals surface area contributed by atoms with Crippen molar-refractivity contribution in [1.82, 2.24) is 15.6 Å². The molecule has 0 radical (unpaired) electrons. The highest BCUT2D eigenvalue weighted by Crippen LogP contribution is 1.98. The van der Waals surface area contributed by atoms with Crippen molar-refractivity contribution in [1.29, 1.82) is 0 Å². The lowest BCUT2D eigenvalue weighted by atomic mass is 10.1. The van der Waals surface area contributed by atoms with Gasteiger partial charge in [0.25, 0.3) is 0 Å². The number of amides is 2. The summed E-state index contributed by atoms with van der Waals surface area (Å²) >= 11 is 0. The predicted molar refractivity (Wildman–Crippen MR) is 67.9 cm³/mol. The molecule has 1 rings (SSSR count). The zero-order valence-corrected chi connectivity index (χ0v) is 10.6. The molecule has 0 spiro atoms. The van der Waals surface area contributed by atoms with Crippen molar-refractivity contribution >= 4 is 18.0 Å². The summed E-state index contributed by atoms with van der Waals surface area (Å²) in [5.74, 6) is -2.40. The monoisotopic (exact) mass is 281 g/mol. The standard InChI is InChI=1S/C12H15N3O5/c16-10(17)5-4-9(11(18)19)15-12(20)14-7-8-3-1-2-6-13-8/h1-3,6,9H,4-5,7H2,(H,16,17)(H,18,19)(H2,14,15,20). The van der Waals surface area contributed by atoms with E-state index in [0.717, 1.165) is 0 Å². The Balaban J connectivity index is 2.41. The van der Waals surface area contributed by atoms with Gasteiger partial charge >= 0.3 is 18.0 Å². The van der Waals surface area contributed by atoms with E-state index in [1.165, 1.54) is 0 Å². The van der Waals surface area contributed by atoms with E-state index < -0.39 is 24.0 Å². The molecule has 0 saturated carbocycles. The van der Waals surface area contributed by atoms with Crippen molar-refractivity contribution in [2.24, 2.45) is 0 Å². The van der Waals surface area contributed by atoms with Gasteiger partial charge in [-0.05, 0) is 18.6 Å². The number of pyridine rings is 1. The van der Waals surface area contributed by atoms with Crippen LogP contribution in [0.25, 0.3) is 0 Å². The van der Waals surface area contributed by atoms with Crippen molar-refractivity contribution in [3.8, 4) is 0 Å². The molecule has 20 heavy (non-hydrogen) atoms. The van der Waals surface area contributed by atoms with Crippen LogP contribution in [0.3, 0.4) is 0 Å². The summed E-state index contributed by atoms with van der Waals surface area (Å²) in [5, 5.41) is 22.0. The van der Waals surface area contributed by atoms with Gasteiger partial charge in [-0.3, -0.25) is 9.78 Å². The van der Waals surface area contributed by atoms with Gasteiger partial charge in [-0.25, -0.2) is 9.59 Å². The Morgan fingerprint density at radius 1 is 1.25 bits per heavy atom. The zero-order valence-electron chi connectivity index (χ0n) is 10.6. The van der Waals surface area contributed by atoms with Crippen molar-refractivity contribution in [3.05, 3.63) is 30.1 Å². The molecule has 0 aliphatic rings. The van der Waals surface area contributed by atoms with Crippen LogP contribution >= 0.6 is 0 Å². The van der Waals surface area contributed by atoms with Crippen molar-refractivity contribution in [2.75, 3.05) is 0 Å². The summed E-state index contributed by atoms with van der Waals surface area (Å²) in [6.07, 6.45) is 1.06. The second kappa shape index (κ2) is 7.72. The number of carboxylic acid groups (broad SMARTS) is 2. The lowest BCUT2D eigenvalue weighted by molar-refractivity contribution is -0.140. The van der Waals surface area contributed by atoms with E-state index in [4.69, 9.17) is 10.2 Å². The molecule has 1 aromatic heterocycles. The van der Waals surface area contributed by atoms with E-state index in [0.29, 0.717) is 5.69 Å². The minimum atomic E-state index is -1.28. The first-order chi connectivity index (χ1) is 9.49. The van der Waals surface area contributed by atoms with Crippen molar-refractivity contribution < 1.29 is 24.6 Å². The van der Waals surface area contributed by atoms with Gasteiger partial charge in [-0.15, -0.1) is 0 Å². The average Bonchev–Trinajstić information content (AvgIpc) is 2.41. The SMILES string of the molecule is O=C(O)CCC(NC(=O)NCc1ccccn1)C(=O)O. The van der Waals surface area contributed by atoms with Crippen LogP contribution in [0.1, 0.15) is 18.5 Å². The number of carbonyl (C=O) groups excluding carboxylic acids is 1. The minimum Gasteiger partial charge on any atom is -0.481 e. The summed E-state index contributed by atoms with van der Waals surface area (Å²) in [6, 6.07) is 3.27. The highest BCUT2D eigenvalue weighted by molar-refractivity contribution is 5.82. The van der Waals surface area contributed by atoms with Gasteiger partial charge < -0.3 is 20.8 Å². The summed E-state index contributed by atoms with van der Waals surface area (Å²) in [6.45, 7) is 0.151. The van der Waals surface area contributed by atoms with Crippen LogP contribution in [-0.4, -0.2) is 39.2 Å². The second-order valence-corrected chi connectivity index (χ2v) is 3.97. The smallest absolute Gasteiger partial charge is 0.326 e. The Hall–Kier alpha value is -2.64. The summed E-state index contributed by atoms with van der Waals surface area (Å²) in [7, 11) is 0. The van der Waals surface area contributed by atoms with Crippen LogP contribution in [0.4, 0.5) is 4.79 Å². The highest BCUT2D eigenvalue weighted by Gasteiger charge is 2.20. The van der Waals surface area contributed by atoms with E-state index in [-0.39, 0.29) is 19.4 Å². The van der Waals surface area contributed by atoms with Crippen LogP contribution in [-0.2, 0) is 16.1 Å². The minimum absolute atomic E-state index is 0.151. The number of carbonyl (C=O) groups is 3. The third kappa shape index (κ3) is 5.80. The van der Waals surface area contributed by atoms with E-state index in [9.17, 15) is 14.4 Å². The molecule has 1 heterocycles. The fraction of sp³-hybridized carbons (Fsp3) is 0.333. The average molecular weight is 281 g/mol. The van der Waals surface area contributed by atoms with Crippen LogP contribution < -0.4 is 10.6 Å². The molecule has 8 heteroatoms. The molecule has 0 aliphatic carbocycles. The topological polar surface area (TPSA) is 129 Å². The molecule has 0 aliphatic heterocycles. The van der Waals surface area contributed by atoms with E-state index in [1.807, 2.05) is 0 Å². The lowest BCUT2D eigenvalue weighted by Gasteiger charge is -2.14. The lowest BCUT2D eigenvalue weighted by Crippen LogP contribution is -2.46. The van der Waals surface area contributed by atoms with Gasteiger partial charge in [-0.1, -0.05) is 6.07 Å². The number of urea groups is 1. The number of hydrogen-bond donors (Lipinski definition) is 4. The Kier molecular flexibility index (Phi) is 5.95. The number of carboxylic acids is 2. The third-order valence-corrected chi connectivity index (χ3v) is 2.41. The maximum absolute atomic E-state index is 11.5. The van der Waals surface area contributed by atoms with E-state index in [1.54, 1.807) is 24.4 Å². The molecule has 108 valence electrons. The molecule has 0 saturated heterocycles. The van der Waals surface area contributed by atoms with Crippen LogP contribution in [0.2, 0.25) is 0 Å². The zero-order chi connectivity index (χ0) is 15.0. The quantitative estimate of drug-likeness (QED) is 0.565. The molecule has 1 unspecified atom stereocenters. The summed E-state index contributed by atoms with van der Waals surface area (Å²) < 4.78 is 0. The maximum atomic E-state index is 11.5. The van der Waals surface area contributed by atoms with Gasteiger partial charge in [0.05, 0.1) is 12.2 Å². The van der Waals surface area contributed by atoms with Gasteiger partial charge in [0.2, 0.25) is 0 Å². The van der Waals surface area contributed by atoms with E-state index in [2.05, 4.69) is 15.6 Å². The summed E-state index contributed by atoms with van der Waals surface area (Å²) in [5.41, 5.74) is 0.625. The second-order valence-electron chi connectivity index (χ2n) is 3.97. The Morgan fingerprint density at radius 2 is 2.00 bits per heavy atom. The van der Waals surface area contributed by atoms with E-state index >= 15 is 0 Å². The number of aromatic nitrogens is 1. The molecule has 2 amide bonds. The molecule has 1 atom stereocenters. The molecule has 0 bridgehead atoms. The first kappa shape index (κ1) is 15.4. The molecule has 4 N–H and O–H groups in total. The Labute approximate surface area is 114 Å². The van der Waals surface area contributed by atoms with Gasteiger partial charge in [0, 0.05) is 12.6 Å². The number of hydrogen-bond acceptors (Lipinski definition) is 4.